The molecule has 2 rings (SSSR count). The fourth-order valence-electron chi connectivity index (χ4n) is 2.53. The Kier molecular flexibility index (Phi) is 5.40. The molecule has 4 nitrogen and oxygen atoms in total. The molecule has 0 saturated carbocycles. The minimum absolute atomic E-state index is 0.120. The van der Waals surface area contributed by atoms with Gasteiger partial charge in [0.25, 0.3) is 0 Å². The van der Waals surface area contributed by atoms with Gasteiger partial charge in [-0.15, -0.1) is 0 Å². The van der Waals surface area contributed by atoms with E-state index in [4.69, 9.17) is 20.5 Å². The maximum atomic E-state index is 9.00. The van der Waals surface area contributed by atoms with Crippen LogP contribution in [0.1, 0.15) is 22.6 Å². The summed E-state index contributed by atoms with van der Waals surface area (Å²) in [4.78, 5) is 0. The number of methoxy groups -OCH3 is 2. The second-order valence-electron chi connectivity index (χ2n) is 5.06. The number of hydrogen-bond acceptors (Lipinski definition) is 4. The zero-order chi connectivity index (χ0) is 15.9. The van der Waals surface area contributed by atoms with E-state index >= 15 is 0 Å². The average Bonchev–Trinajstić information content (AvgIpc) is 2.59. The Morgan fingerprint density at radius 2 is 1.95 bits per heavy atom. The van der Waals surface area contributed by atoms with Gasteiger partial charge in [-0.3, -0.25) is 0 Å². The molecule has 2 N–H and O–H groups in total. The summed E-state index contributed by atoms with van der Waals surface area (Å²) in [5.74, 6) is 1.64. The van der Waals surface area contributed by atoms with Crippen LogP contribution in [0, 0.1) is 11.3 Å². The smallest absolute Gasteiger partial charge is 0.126 e. The van der Waals surface area contributed by atoms with Crippen LogP contribution in [0.3, 0.4) is 0 Å². The molecule has 2 aromatic carbocycles. The molecule has 22 heavy (non-hydrogen) atoms. The van der Waals surface area contributed by atoms with E-state index in [-0.39, 0.29) is 5.92 Å². The van der Waals surface area contributed by atoms with E-state index in [1.165, 1.54) is 0 Å². The first-order valence-corrected chi connectivity index (χ1v) is 7.12. The second kappa shape index (κ2) is 7.48. The second-order valence-corrected chi connectivity index (χ2v) is 5.06. The van der Waals surface area contributed by atoms with Gasteiger partial charge < -0.3 is 15.2 Å². The fraction of sp³-hybridized carbons (Fsp3) is 0.278. The third-order valence-electron chi connectivity index (χ3n) is 3.70. The highest BCUT2D eigenvalue weighted by Gasteiger charge is 2.16. The van der Waals surface area contributed by atoms with Crippen molar-refractivity contribution in [2.75, 3.05) is 20.8 Å². The molecule has 0 fully saturated rings. The average molecular weight is 296 g/mol. The molecule has 2 aromatic rings. The van der Waals surface area contributed by atoms with Gasteiger partial charge in [0.15, 0.2) is 0 Å². The van der Waals surface area contributed by atoms with Crippen molar-refractivity contribution in [1.29, 1.82) is 5.26 Å². The van der Waals surface area contributed by atoms with Crippen LogP contribution in [0.25, 0.3) is 0 Å². The van der Waals surface area contributed by atoms with Crippen molar-refractivity contribution < 1.29 is 9.47 Å². The molecule has 1 atom stereocenters. The molecule has 0 saturated heterocycles. The number of rotatable bonds is 6. The lowest BCUT2D eigenvalue weighted by atomic mass is 9.90. The molecule has 0 aromatic heterocycles. The van der Waals surface area contributed by atoms with Gasteiger partial charge in [-0.1, -0.05) is 18.2 Å². The minimum Gasteiger partial charge on any atom is -0.497 e. The molecular formula is C18H20N2O2. The quantitative estimate of drug-likeness (QED) is 0.890. The van der Waals surface area contributed by atoms with Gasteiger partial charge in [-0.25, -0.2) is 0 Å². The van der Waals surface area contributed by atoms with Crippen molar-refractivity contribution in [1.82, 2.24) is 0 Å². The molecule has 0 amide bonds. The van der Waals surface area contributed by atoms with Crippen molar-refractivity contribution in [3.05, 3.63) is 59.2 Å². The van der Waals surface area contributed by atoms with E-state index in [1.54, 1.807) is 20.3 Å². The van der Waals surface area contributed by atoms with Crippen LogP contribution in [0.5, 0.6) is 11.5 Å². The zero-order valence-electron chi connectivity index (χ0n) is 12.9. The van der Waals surface area contributed by atoms with Gasteiger partial charge in [0, 0.05) is 12.0 Å². The van der Waals surface area contributed by atoms with Crippen molar-refractivity contribution in [2.24, 2.45) is 5.73 Å². The van der Waals surface area contributed by atoms with Crippen LogP contribution in [-0.2, 0) is 6.42 Å². The summed E-state index contributed by atoms with van der Waals surface area (Å²) in [5.41, 5.74) is 8.77. The summed E-state index contributed by atoms with van der Waals surface area (Å²) < 4.78 is 10.7. The molecule has 0 bridgehead atoms. The SMILES string of the molecule is COc1ccc(C(CN)Cc2cccc(C#N)c2)c(OC)c1. The van der Waals surface area contributed by atoms with E-state index in [0.29, 0.717) is 12.1 Å². The third kappa shape index (κ3) is 3.57. The lowest BCUT2D eigenvalue weighted by Crippen LogP contribution is -2.16. The number of ether oxygens (including phenoxy) is 2. The number of nitrogens with two attached hydrogens (primary N) is 1. The summed E-state index contributed by atoms with van der Waals surface area (Å²) >= 11 is 0. The van der Waals surface area contributed by atoms with Gasteiger partial charge in [0.05, 0.1) is 25.9 Å². The normalized spacial score (nSPS) is 11.5. The van der Waals surface area contributed by atoms with Crippen molar-refractivity contribution in [2.45, 2.75) is 12.3 Å². The summed E-state index contributed by atoms with van der Waals surface area (Å²) in [6.07, 6.45) is 0.759. The van der Waals surface area contributed by atoms with E-state index in [0.717, 1.165) is 29.0 Å². The molecular weight excluding hydrogens is 276 g/mol. The fourth-order valence-corrected chi connectivity index (χ4v) is 2.53. The molecule has 0 radical (unpaired) electrons. The number of nitriles is 1. The summed E-state index contributed by atoms with van der Waals surface area (Å²) in [6.45, 7) is 0.499. The van der Waals surface area contributed by atoms with Crippen LogP contribution in [0.2, 0.25) is 0 Å². The monoisotopic (exact) mass is 296 g/mol. The predicted octanol–water partition coefficient (Wildman–Crippen LogP) is 2.86. The lowest BCUT2D eigenvalue weighted by molar-refractivity contribution is 0.388. The minimum atomic E-state index is 0.120. The van der Waals surface area contributed by atoms with Crippen LogP contribution < -0.4 is 15.2 Å². The van der Waals surface area contributed by atoms with Crippen molar-refractivity contribution in [3.8, 4) is 17.6 Å². The van der Waals surface area contributed by atoms with Crippen LogP contribution in [0.15, 0.2) is 42.5 Å². The summed E-state index contributed by atoms with van der Waals surface area (Å²) in [6, 6.07) is 15.5. The van der Waals surface area contributed by atoms with Gasteiger partial charge >= 0.3 is 0 Å². The topological polar surface area (TPSA) is 68.3 Å². The van der Waals surface area contributed by atoms with Crippen LogP contribution in [0.4, 0.5) is 0 Å². The molecule has 0 aliphatic heterocycles. The molecule has 0 heterocycles. The maximum Gasteiger partial charge on any atom is 0.126 e. The Balaban J connectivity index is 2.30. The van der Waals surface area contributed by atoms with E-state index in [2.05, 4.69) is 6.07 Å². The highest BCUT2D eigenvalue weighted by Crippen LogP contribution is 2.32. The van der Waals surface area contributed by atoms with Gasteiger partial charge in [-0.2, -0.15) is 5.26 Å². The first kappa shape index (κ1) is 15.9. The Labute approximate surface area is 131 Å². The molecule has 1 unspecified atom stereocenters. The first-order chi connectivity index (χ1) is 10.7. The Morgan fingerprint density at radius 1 is 1.14 bits per heavy atom. The Morgan fingerprint density at radius 3 is 2.59 bits per heavy atom. The van der Waals surface area contributed by atoms with Gasteiger partial charge in [0.2, 0.25) is 0 Å². The van der Waals surface area contributed by atoms with Crippen LogP contribution >= 0.6 is 0 Å². The van der Waals surface area contributed by atoms with Gasteiger partial charge in [-0.05, 0) is 42.3 Å². The summed E-state index contributed by atoms with van der Waals surface area (Å²) in [7, 11) is 3.27. The lowest BCUT2D eigenvalue weighted by Gasteiger charge is -2.19. The molecule has 4 heteroatoms. The highest BCUT2D eigenvalue weighted by atomic mass is 16.5. The third-order valence-corrected chi connectivity index (χ3v) is 3.70. The van der Waals surface area contributed by atoms with E-state index < -0.39 is 0 Å². The van der Waals surface area contributed by atoms with Crippen molar-refractivity contribution >= 4 is 0 Å². The van der Waals surface area contributed by atoms with Gasteiger partial charge in [0.1, 0.15) is 11.5 Å². The number of hydrogen-bond donors (Lipinski definition) is 1. The predicted molar refractivity (Wildman–Crippen MR) is 86.2 cm³/mol. The maximum absolute atomic E-state index is 9.00. The Hall–Kier alpha value is -2.51. The van der Waals surface area contributed by atoms with Crippen LogP contribution in [-0.4, -0.2) is 20.8 Å². The van der Waals surface area contributed by atoms with E-state index in [9.17, 15) is 0 Å². The zero-order valence-corrected chi connectivity index (χ0v) is 12.9. The standard InChI is InChI=1S/C18H20N2O2/c1-21-16-6-7-17(18(10-16)22-2)15(12-20)9-13-4-3-5-14(8-13)11-19/h3-8,10,15H,9,12,20H2,1-2H3. The van der Waals surface area contributed by atoms with Crippen molar-refractivity contribution in [3.63, 3.8) is 0 Å². The molecule has 114 valence electrons. The summed E-state index contributed by atoms with van der Waals surface area (Å²) in [5, 5.41) is 9.00. The molecule has 0 spiro atoms. The van der Waals surface area contributed by atoms with E-state index in [1.807, 2.05) is 36.4 Å². The Bertz CT molecular complexity index is 677. The molecule has 0 aliphatic rings. The number of benzene rings is 2. The first-order valence-electron chi connectivity index (χ1n) is 7.12. The molecule has 0 aliphatic carbocycles. The number of nitrogens with zero attached hydrogens (tertiary/aromatic N) is 1. The largest absolute Gasteiger partial charge is 0.497 e. The highest BCUT2D eigenvalue weighted by molar-refractivity contribution is 5.44.